The van der Waals surface area contributed by atoms with Crippen molar-refractivity contribution in [1.29, 1.82) is 0 Å². The van der Waals surface area contributed by atoms with Crippen molar-refractivity contribution in [3.8, 4) is 0 Å². The van der Waals surface area contributed by atoms with E-state index < -0.39 is 0 Å². The number of nitrogens with zero attached hydrogens (tertiary/aromatic N) is 4. The van der Waals surface area contributed by atoms with Crippen molar-refractivity contribution in [2.75, 3.05) is 5.32 Å². The van der Waals surface area contributed by atoms with Crippen LogP contribution < -0.4 is 5.32 Å². The molecule has 0 atom stereocenters. The van der Waals surface area contributed by atoms with Crippen molar-refractivity contribution >= 4 is 35.4 Å². The van der Waals surface area contributed by atoms with E-state index in [1.165, 1.54) is 4.68 Å². The summed E-state index contributed by atoms with van der Waals surface area (Å²) in [5, 5.41) is 7.59. The average molecular weight is 348 g/mol. The first-order valence-electron chi connectivity index (χ1n) is 6.89. The van der Waals surface area contributed by atoms with Gasteiger partial charge in [0.1, 0.15) is 12.9 Å². The summed E-state index contributed by atoms with van der Waals surface area (Å²) in [6, 6.07) is 9.14. The summed E-state index contributed by atoms with van der Waals surface area (Å²) in [5.41, 5.74) is 1.50. The molecule has 0 aliphatic heterocycles. The van der Waals surface area contributed by atoms with Crippen molar-refractivity contribution in [1.82, 2.24) is 19.1 Å². The van der Waals surface area contributed by atoms with Crippen molar-refractivity contribution in [2.24, 2.45) is 0 Å². The second-order valence-corrected chi connectivity index (χ2v) is 5.71. The van der Waals surface area contributed by atoms with Crippen LogP contribution in [0.2, 0.25) is 5.02 Å². The summed E-state index contributed by atoms with van der Waals surface area (Å²) >= 11 is 11.4. The van der Waals surface area contributed by atoms with Gasteiger partial charge in [0.2, 0.25) is 10.7 Å². The van der Waals surface area contributed by atoms with E-state index in [1.807, 2.05) is 31.5 Å². The van der Waals surface area contributed by atoms with Crippen LogP contribution in [-0.2, 0) is 11.3 Å². The standard InChI is InChI=1S/C15H14ClN5OS/c1-11-12(16)5-4-6-13(11)18-14(22)9-20-15(23)21(10-17-20)19-7-2-3-8-19/h2-8,10H,9H2,1H3,(H,18,22). The maximum Gasteiger partial charge on any atom is 0.246 e. The molecule has 1 aromatic carbocycles. The first-order valence-corrected chi connectivity index (χ1v) is 7.68. The minimum absolute atomic E-state index is 0.0268. The molecule has 0 unspecified atom stereocenters. The summed E-state index contributed by atoms with van der Waals surface area (Å²) in [4.78, 5) is 12.2. The molecular formula is C15H14ClN5OS. The van der Waals surface area contributed by atoms with E-state index in [-0.39, 0.29) is 12.5 Å². The Hall–Kier alpha value is -2.38. The van der Waals surface area contributed by atoms with Gasteiger partial charge in [0.15, 0.2) is 0 Å². The Bertz CT molecular complexity index is 897. The van der Waals surface area contributed by atoms with E-state index in [1.54, 1.807) is 33.9 Å². The van der Waals surface area contributed by atoms with Crippen molar-refractivity contribution in [2.45, 2.75) is 13.5 Å². The number of benzene rings is 1. The number of nitrogens with one attached hydrogen (secondary N) is 1. The zero-order valence-electron chi connectivity index (χ0n) is 12.3. The minimum atomic E-state index is -0.218. The molecule has 118 valence electrons. The number of halogens is 1. The highest BCUT2D eigenvalue weighted by Crippen LogP contribution is 2.22. The molecule has 8 heteroatoms. The van der Waals surface area contributed by atoms with Gasteiger partial charge in [-0.3, -0.25) is 9.47 Å². The van der Waals surface area contributed by atoms with Gasteiger partial charge >= 0.3 is 0 Å². The van der Waals surface area contributed by atoms with Gasteiger partial charge in [-0.1, -0.05) is 17.7 Å². The molecule has 2 heterocycles. The molecular weight excluding hydrogens is 334 g/mol. The third kappa shape index (κ3) is 3.20. The molecule has 3 rings (SSSR count). The Morgan fingerprint density at radius 3 is 2.78 bits per heavy atom. The van der Waals surface area contributed by atoms with Crippen LogP contribution >= 0.6 is 23.8 Å². The summed E-state index contributed by atoms with van der Waals surface area (Å²) in [6.07, 6.45) is 5.26. The van der Waals surface area contributed by atoms with Crippen LogP contribution in [0, 0.1) is 11.7 Å². The molecule has 0 fully saturated rings. The third-order valence-electron chi connectivity index (χ3n) is 3.39. The zero-order chi connectivity index (χ0) is 16.4. The molecule has 1 amide bonds. The number of amides is 1. The number of aromatic nitrogens is 4. The fourth-order valence-electron chi connectivity index (χ4n) is 2.13. The Morgan fingerprint density at radius 2 is 2.04 bits per heavy atom. The fraction of sp³-hybridized carbons (Fsp3) is 0.133. The van der Waals surface area contributed by atoms with Gasteiger partial charge in [-0.2, -0.15) is 5.10 Å². The molecule has 0 spiro atoms. The number of hydrogen-bond acceptors (Lipinski definition) is 3. The van der Waals surface area contributed by atoms with Crippen LogP contribution in [-0.4, -0.2) is 25.0 Å². The predicted molar refractivity (Wildman–Crippen MR) is 91.1 cm³/mol. The number of carbonyl (C=O) groups excluding carboxylic acids is 1. The van der Waals surface area contributed by atoms with Gasteiger partial charge in [0.05, 0.1) is 0 Å². The van der Waals surface area contributed by atoms with E-state index in [2.05, 4.69) is 10.4 Å². The summed E-state index contributed by atoms with van der Waals surface area (Å²) < 4.78 is 5.35. The minimum Gasteiger partial charge on any atom is -0.324 e. The van der Waals surface area contributed by atoms with Crippen LogP contribution in [0.5, 0.6) is 0 Å². The van der Waals surface area contributed by atoms with Crippen molar-refractivity contribution in [3.63, 3.8) is 0 Å². The molecule has 0 radical (unpaired) electrons. The lowest BCUT2D eigenvalue weighted by Gasteiger charge is -2.09. The van der Waals surface area contributed by atoms with Gasteiger partial charge in [-0.15, -0.1) is 0 Å². The monoisotopic (exact) mass is 347 g/mol. The van der Waals surface area contributed by atoms with Crippen LogP contribution in [0.25, 0.3) is 0 Å². The maximum atomic E-state index is 12.2. The number of carbonyl (C=O) groups is 1. The fourth-order valence-corrected chi connectivity index (χ4v) is 2.56. The molecule has 1 N–H and O–H groups in total. The lowest BCUT2D eigenvalue weighted by atomic mass is 10.2. The highest BCUT2D eigenvalue weighted by Gasteiger charge is 2.10. The van der Waals surface area contributed by atoms with E-state index >= 15 is 0 Å². The topological polar surface area (TPSA) is 56.8 Å². The van der Waals surface area contributed by atoms with Crippen LogP contribution in [0.3, 0.4) is 0 Å². The first kappa shape index (κ1) is 15.5. The average Bonchev–Trinajstić information content (AvgIpc) is 3.15. The SMILES string of the molecule is Cc1c(Cl)cccc1NC(=O)Cn1ncn(-n2cccc2)c1=S. The van der Waals surface area contributed by atoms with Crippen LogP contribution in [0.1, 0.15) is 5.56 Å². The van der Waals surface area contributed by atoms with E-state index in [4.69, 9.17) is 23.8 Å². The molecule has 0 aliphatic carbocycles. The molecule has 23 heavy (non-hydrogen) atoms. The summed E-state index contributed by atoms with van der Waals surface area (Å²) in [7, 11) is 0. The molecule has 0 saturated heterocycles. The Kier molecular flexibility index (Phi) is 4.31. The lowest BCUT2D eigenvalue weighted by Crippen LogP contribution is -2.20. The Labute approximate surface area is 142 Å². The molecule has 0 bridgehead atoms. The lowest BCUT2D eigenvalue weighted by molar-refractivity contribution is -0.116. The Morgan fingerprint density at radius 1 is 1.30 bits per heavy atom. The smallest absolute Gasteiger partial charge is 0.246 e. The number of anilines is 1. The van der Waals surface area contributed by atoms with Gasteiger partial charge in [-0.05, 0) is 49.0 Å². The highest BCUT2D eigenvalue weighted by atomic mass is 35.5. The molecule has 0 aliphatic rings. The Balaban J connectivity index is 1.76. The summed E-state index contributed by atoms with van der Waals surface area (Å²) in [5.74, 6) is -0.218. The summed E-state index contributed by atoms with van der Waals surface area (Å²) in [6.45, 7) is 1.88. The molecule has 0 saturated carbocycles. The second kappa shape index (κ2) is 6.39. The van der Waals surface area contributed by atoms with Crippen molar-refractivity contribution < 1.29 is 4.79 Å². The predicted octanol–water partition coefficient (Wildman–Crippen LogP) is 3.13. The quantitative estimate of drug-likeness (QED) is 0.738. The van der Waals surface area contributed by atoms with E-state index in [0.29, 0.717) is 15.5 Å². The molecule has 3 aromatic rings. The van der Waals surface area contributed by atoms with Gasteiger partial charge in [-0.25, -0.2) is 9.36 Å². The first-order chi connectivity index (χ1) is 11.1. The van der Waals surface area contributed by atoms with Crippen LogP contribution in [0.15, 0.2) is 49.1 Å². The maximum absolute atomic E-state index is 12.2. The van der Waals surface area contributed by atoms with E-state index in [9.17, 15) is 4.79 Å². The second-order valence-electron chi connectivity index (χ2n) is 4.94. The normalized spacial score (nSPS) is 10.7. The van der Waals surface area contributed by atoms with Gasteiger partial charge in [0.25, 0.3) is 0 Å². The highest BCUT2D eigenvalue weighted by molar-refractivity contribution is 7.71. The van der Waals surface area contributed by atoms with Crippen molar-refractivity contribution in [3.05, 3.63) is 64.4 Å². The molecule has 6 nitrogen and oxygen atoms in total. The van der Waals surface area contributed by atoms with Gasteiger partial charge < -0.3 is 5.32 Å². The number of rotatable bonds is 4. The van der Waals surface area contributed by atoms with E-state index in [0.717, 1.165) is 5.56 Å². The third-order valence-corrected chi connectivity index (χ3v) is 4.20. The van der Waals surface area contributed by atoms with Gasteiger partial charge in [0, 0.05) is 23.1 Å². The zero-order valence-corrected chi connectivity index (χ0v) is 13.9. The number of hydrogen-bond donors (Lipinski definition) is 1. The molecule has 2 aromatic heterocycles. The van der Waals surface area contributed by atoms with Crippen LogP contribution in [0.4, 0.5) is 5.69 Å². The largest absolute Gasteiger partial charge is 0.324 e.